The van der Waals surface area contributed by atoms with Crippen molar-refractivity contribution in [2.75, 3.05) is 54.8 Å². The van der Waals surface area contributed by atoms with Crippen LogP contribution in [-0.2, 0) is 6.42 Å². The van der Waals surface area contributed by atoms with E-state index in [2.05, 4.69) is 24.8 Å². The average molecular weight is 473 g/mol. The Labute approximate surface area is 202 Å². The molecule has 34 heavy (non-hydrogen) atoms. The lowest BCUT2D eigenvalue weighted by Crippen LogP contribution is -2.41. The summed E-state index contributed by atoms with van der Waals surface area (Å²) in [6.07, 6.45) is 1.75. The molecular formula is C26H36N2O6. The summed E-state index contributed by atoms with van der Waals surface area (Å²) in [4.78, 5) is 17.2. The Balaban J connectivity index is 1.56. The number of fused-ring (bicyclic) bond motifs is 1. The van der Waals surface area contributed by atoms with Gasteiger partial charge in [0.2, 0.25) is 0 Å². The van der Waals surface area contributed by atoms with E-state index in [9.17, 15) is 4.79 Å². The van der Waals surface area contributed by atoms with Gasteiger partial charge in [-0.15, -0.1) is 0 Å². The number of hydrogen-bond acceptors (Lipinski definition) is 7. The second-order valence-electron chi connectivity index (χ2n) is 8.47. The van der Waals surface area contributed by atoms with Gasteiger partial charge in [0.05, 0.1) is 34.0 Å². The Bertz CT molecular complexity index is 978. The van der Waals surface area contributed by atoms with Gasteiger partial charge in [0.1, 0.15) is 5.75 Å². The van der Waals surface area contributed by atoms with Crippen molar-refractivity contribution in [2.45, 2.75) is 32.7 Å². The molecule has 0 bridgehead atoms. The van der Waals surface area contributed by atoms with Crippen LogP contribution >= 0.6 is 0 Å². The quantitative estimate of drug-likeness (QED) is 0.465. The lowest BCUT2D eigenvalue weighted by atomic mass is 10.1. The predicted molar refractivity (Wildman–Crippen MR) is 131 cm³/mol. The van der Waals surface area contributed by atoms with Crippen LogP contribution in [0.2, 0.25) is 0 Å². The summed E-state index contributed by atoms with van der Waals surface area (Å²) in [5, 5.41) is 0. The van der Waals surface area contributed by atoms with Crippen LogP contribution in [-0.4, -0.2) is 76.6 Å². The molecule has 0 aromatic heterocycles. The number of benzene rings is 2. The Morgan fingerprint density at radius 3 is 2.21 bits per heavy atom. The maximum absolute atomic E-state index is 13.0. The third-order valence-electron chi connectivity index (χ3n) is 6.12. The fourth-order valence-electron chi connectivity index (χ4n) is 4.09. The van der Waals surface area contributed by atoms with E-state index >= 15 is 0 Å². The molecule has 1 amide bonds. The zero-order valence-corrected chi connectivity index (χ0v) is 21.1. The fraction of sp³-hybridized carbons (Fsp3) is 0.500. The predicted octanol–water partition coefficient (Wildman–Crippen LogP) is 3.86. The lowest BCUT2D eigenvalue weighted by Gasteiger charge is -2.31. The van der Waals surface area contributed by atoms with Crippen LogP contribution in [0, 0.1) is 0 Å². The highest BCUT2D eigenvalue weighted by atomic mass is 16.5. The smallest absolute Gasteiger partial charge is 0.260 e. The van der Waals surface area contributed by atoms with E-state index in [0.29, 0.717) is 35.4 Å². The van der Waals surface area contributed by atoms with Gasteiger partial charge < -0.3 is 33.5 Å². The molecular weight excluding hydrogens is 436 g/mol. The van der Waals surface area contributed by atoms with Gasteiger partial charge in [0.25, 0.3) is 5.91 Å². The Kier molecular flexibility index (Phi) is 8.87. The molecule has 3 rings (SSSR count). The first kappa shape index (κ1) is 25.5. The number of carbonyl (C=O) groups excluding carboxylic acids is 1. The number of amides is 1. The van der Waals surface area contributed by atoms with Gasteiger partial charge in [0, 0.05) is 37.8 Å². The molecule has 0 saturated carbocycles. The van der Waals surface area contributed by atoms with Gasteiger partial charge in [-0.3, -0.25) is 4.79 Å². The number of carbonyl (C=O) groups is 1. The maximum Gasteiger partial charge on any atom is 0.260 e. The topological polar surface area (TPSA) is 69.7 Å². The molecule has 0 radical (unpaired) electrons. The van der Waals surface area contributed by atoms with Gasteiger partial charge in [0.15, 0.2) is 29.7 Å². The summed E-state index contributed by atoms with van der Waals surface area (Å²) in [7, 11) is 6.41. The van der Waals surface area contributed by atoms with Crippen molar-refractivity contribution >= 4 is 5.91 Å². The summed E-state index contributed by atoms with van der Waals surface area (Å²) in [6.45, 7) is 7.03. The molecule has 8 heteroatoms. The van der Waals surface area contributed by atoms with Crippen molar-refractivity contribution in [1.29, 1.82) is 0 Å². The normalized spacial score (nSPS) is 13.1. The van der Waals surface area contributed by atoms with Crippen LogP contribution < -0.4 is 23.7 Å². The van der Waals surface area contributed by atoms with Crippen molar-refractivity contribution in [2.24, 2.45) is 0 Å². The summed E-state index contributed by atoms with van der Waals surface area (Å²) in [5.74, 6) is 3.01. The molecule has 1 heterocycles. The lowest BCUT2D eigenvalue weighted by molar-refractivity contribution is 0.0505. The van der Waals surface area contributed by atoms with Crippen LogP contribution in [0.4, 0.5) is 0 Å². The number of rotatable bonds is 12. The molecule has 0 saturated heterocycles. The van der Waals surface area contributed by atoms with Crippen LogP contribution in [0.15, 0.2) is 30.3 Å². The van der Waals surface area contributed by atoms with Crippen molar-refractivity contribution in [3.63, 3.8) is 0 Å². The largest absolute Gasteiger partial charge is 0.493 e. The highest BCUT2D eigenvalue weighted by Crippen LogP contribution is 2.37. The van der Waals surface area contributed by atoms with Gasteiger partial charge in [-0.2, -0.15) is 0 Å². The van der Waals surface area contributed by atoms with E-state index in [-0.39, 0.29) is 12.6 Å². The van der Waals surface area contributed by atoms with Gasteiger partial charge in [-0.25, -0.2) is 0 Å². The number of methoxy groups -OCH3 is 4. The highest BCUT2D eigenvalue weighted by molar-refractivity contribution is 5.98. The summed E-state index contributed by atoms with van der Waals surface area (Å²) >= 11 is 0. The van der Waals surface area contributed by atoms with Crippen molar-refractivity contribution in [3.05, 3.63) is 41.5 Å². The van der Waals surface area contributed by atoms with E-state index in [1.807, 2.05) is 12.1 Å². The highest BCUT2D eigenvalue weighted by Gasteiger charge is 2.27. The second-order valence-corrected chi connectivity index (χ2v) is 8.47. The molecule has 0 aliphatic carbocycles. The zero-order valence-electron chi connectivity index (χ0n) is 21.1. The van der Waals surface area contributed by atoms with Gasteiger partial charge >= 0.3 is 0 Å². The van der Waals surface area contributed by atoms with Crippen molar-refractivity contribution in [1.82, 2.24) is 9.80 Å². The molecule has 8 nitrogen and oxygen atoms in total. The molecule has 0 fully saturated rings. The molecule has 0 N–H and O–H groups in total. The summed E-state index contributed by atoms with van der Waals surface area (Å²) in [5.41, 5.74) is 1.70. The van der Waals surface area contributed by atoms with Crippen molar-refractivity contribution in [3.8, 4) is 28.7 Å². The van der Waals surface area contributed by atoms with Crippen LogP contribution in [0.5, 0.6) is 28.7 Å². The van der Waals surface area contributed by atoms with Crippen LogP contribution in [0.3, 0.4) is 0 Å². The molecule has 0 atom stereocenters. The minimum absolute atomic E-state index is 0.0522. The van der Waals surface area contributed by atoms with E-state index < -0.39 is 0 Å². The first-order valence-corrected chi connectivity index (χ1v) is 11.5. The Morgan fingerprint density at radius 2 is 1.56 bits per heavy atom. The minimum atomic E-state index is -0.0522. The first-order chi connectivity index (χ1) is 16.4. The van der Waals surface area contributed by atoms with Gasteiger partial charge in [-0.1, -0.05) is 6.07 Å². The molecule has 0 unspecified atom stereocenters. The molecule has 1 aliphatic rings. The SMILES string of the molecule is COc1ccc(CCN(CCCN2COc3cc(OC)c(OC)cc3C2=O)C(C)C)cc1OC. The standard InChI is InChI=1S/C26H36N2O6/c1-18(2)27(13-10-19-8-9-21(30-3)23(14-19)31-4)11-7-12-28-17-34-22-16-25(33-6)24(32-5)15-20(22)26(28)29/h8-9,14-16,18H,7,10-13,17H2,1-6H3. The van der Waals surface area contributed by atoms with Crippen LogP contribution in [0.25, 0.3) is 0 Å². The monoisotopic (exact) mass is 472 g/mol. The Hall–Kier alpha value is -3.13. The second kappa shape index (κ2) is 11.8. The summed E-state index contributed by atoms with van der Waals surface area (Å²) in [6, 6.07) is 9.83. The molecule has 2 aromatic carbocycles. The van der Waals surface area contributed by atoms with E-state index in [0.717, 1.165) is 37.4 Å². The van der Waals surface area contributed by atoms with Crippen molar-refractivity contribution < 1.29 is 28.5 Å². The molecule has 186 valence electrons. The molecule has 1 aliphatic heterocycles. The van der Waals surface area contributed by atoms with E-state index in [4.69, 9.17) is 23.7 Å². The number of nitrogens with zero attached hydrogens (tertiary/aromatic N) is 2. The zero-order chi connectivity index (χ0) is 24.7. The summed E-state index contributed by atoms with van der Waals surface area (Å²) < 4.78 is 27.2. The van der Waals surface area contributed by atoms with E-state index in [1.54, 1.807) is 45.5 Å². The first-order valence-electron chi connectivity index (χ1n) is 11.5. The molecule has 0 spiro atoms. The minimum Gasteiger partial charge on any atom is -0.493 e. The van der Waals surface area contributed by atoms with Crippen LogP contribution in [0.1, 0.15) is 36.2 Å². The fourth-order valence-corrected chi connectivity index (χ4v) is 4.09. The third-order valence-corrected chi connectivity index (χ3v) is 6.12. The third kappa shape index (κ3) is 5.86. The van der Waals surface area contributed by atoms with Gasteiger partial charge in [-0.05, 0) is 44.4 Å². The average Bonchev–Trinajstić information content (AvgIpc) is 2.86. The Morgan fingerprint density at radius 1 is 0.912 bits per heavy atom. The molecule has 2 aromatic rings. The number of ether oxygens (including phenoxy) is 5. The van der Waals surface area contributed by atoms with E-state index in [1.165, 1.54) is 5.56 Å². The number of hydrogen-bond donors (Lipinski definition) is 0. The maximum atomic E-state index is 13.0.